The Labute approximate surface area is 126 Å². The van der Waals surface area contributed by atoms with Crippen molar-refractivity contribution in [3.8, 4) is 0 Å². The van der Waals surface area contributed by atoms with Crippen LogP contribution < -0.4 is 5.32 Å². The van der Waals surface area contributed by atoms with Crippen LogP contribution in [-0.4, -0.2) is 58.5 Å². The molecule has 0 saturated carbocycles. The van der Waals surface area contributed by atoms with Crippen LogP contribution in [0, 0.1) is 13.8 Å². The van der Waals surface area contributed by atoms with Crippen LogP contribution >= 0.6 is 0 Å². The lowest BCUT2D eigenvalue weighted by Gasteiger charge is -2.26. The Balaban J connectivity index is 2.60. The lowest BCUT2D eigenvalue weighted by atomic mass is 10.1. The molecule has 21 heavy (non-hydrogen) atoms. The van der Waals surface area contributed by atoms with E-state index in [2.05, 4.69) is 10.4 Å². The zero-order chi connectivity index (χ0) is 16.2. The predicted octanol–water partition coefficient (Wildman–Crippen LogP) is 0.479. The Hall–Kier alpha value is -1.66. The predicted molar refractivity (Wildman–Crippen MR) is 83.9 cm³/mol. The highest BCUT2D eigenvalue weighted by atomic mass is 16.3. The fourth-order valence-electron chi connectivity index (χ4n) is 2.26. The number of nitrogens with zero attached hydrogens (tertiary/aromatic N) is 3. The summed E-state index contributed by atoms with van der Waals surface area (Å²) in [5.41, 5.74) is 1.90. The molecule has 0 saturated heterocycles. The number of aromatic nitrogens is 2. The third kappa shape index (κ3) is 5.32. The van der Waals surface area contributed by atoms with Crippen LogP contribution in [-0.2, 0) is 11.8 Å². The second kappa shape index (κ2) is 6.87. The molecule has 0 aliphatic heterocycles. The maximum Gasteiger partial charge on any atom is 0.244 e. The quantitative estimate of drug-likeness (QED) is 0.749. The van der Waals surface area contributed by atoms with Crippen LogP contribution in [0.2, 0.25) is 0 Å². The zero-order valence-corrected chi connectivity index (χ0v) is 13.8. The number of aliphatic hydroxyl groups is 1. The molecule has 0 spiro atoms. The van der Waals surface area contributed by atoms with Gasteiger partial charge in [-0.25, -0.2) is 0 Å². The van der Waals surface area contributed by atoms with Crippen molar-refractivity contribution >= 4 is 12.0 Å². The van der Waals surface area contributed by atoms with E-state index in [0.29, 0.717) is 6.54 Å². The first-order chi connectivity index (χ1) is 9.62. The van der Waals surface area contributed by atoms with Crippen LogP contribution in [0.3, 0.4) is 0 Å². The lowest BCUT2D eigenvalue weighted by molar-refractivity contribution is -0.117. The summed E-state index contributed by atoms with van der Waals surface area (Å²) in [4.78, 5) is 13.7. The Morgan fingerprint density at radius 1 is 1.48 bits per heavy atom. The first-order valence-corrected chi connectivity index (χ1v) is 6.95. The van der Waals surface area contributed by atoms with Gasteiger partial charge in [-0.05, 0) is 40.9 Å². The molecule has 6 nitrogen and oxygen atoms in total. The normalized spacial score (nSPS) is 14.7. The largest absolute Gasteiger partial charge is 0.387 e. The van der Waals surface area contributed by atoms with E-state index >= 15 is 0 Å². The minimum atomic E-state index is -0.951. The summed E-state index contributed by atoms with van der Waals surface area (Å²) in [7, 11) is 5.63. The number of rotatable bonds is 6. The lowest BCUT2D eigenvalue weighted by Crippen LogP contribution is -2.46. The molecule has 1 heterocycles. The molecule has 0 bridgehead atoms. The monoisotopic (exact) mass is 294 g/mol. The van der Waals surface area contributed by atoms with Crippen molar-refractivity contribution in [2.75, 3.05) is 27.2 Å². The second-order valence-electron chi connectivity index (χ2n) is 5.99. The fraction of sp³-hybridized carbons (Fsp3) is 0.600. The van der Waals surface area contributed by atoms with E-state index in [1.807, 2.05) is 39.9 Å². The first-order valence-electron chi connectivity index (χ1n) is 6.95. The van der Waals surface area contributed by atoms with Gasteiger partial charge in [-0.2, -0.15) is 5.10 Å². The van der Waals surface area contributed by atoms with Crippen molar-refractivity contribution in [3.63, 3.8) is 0 Å². The average molecular weight is 294 g/mol. The van der Waals surface area contributed by atoms with Crippen LogP contribution in [0.4, 0.5) is 0 Å². The van der Waals surface area contributed by atoms with Gasteiger partial charge in [0.2, 0.25) is 5.91 Å². The molecule has 1 unspecified atom stereocenters. The van der Waals surface area contributed by atoms with E-state index in [9.17, 15) is 9.90 Å². The molecule has 1 rings (SSSR count). The summed E-state index contributed by atoms with van der Waals surface area (Å²) in [6.45, 7) is 6.26. The minimum absolute atomic E-state index is 0.208. The summed E-state index contributed by atoms with van der Waals surface area (Å²) < 4.78 is 1.79. The van der Waals surface area contributed by atoms with E-state index in [4.69, 9.17) is 0 Å². The van der Waals surface area contributed by atoms with Crippen molar-refractivity contribution < 1.29 is 9.90 Å². The highest BCUT2D eigenvalue weighted by molar-refractivity contribution is 5.92. The van der Waals surface area contributed by atoms with E-state index < -0.39 is 5.60 Å². The highest BCUT2D eigenvalue weighted by Crippen LogP contribution is 2.13. The van der Waals surface area contributed by atoms with Gasteiger partial charge in [0.25, 0.3) is 0 Å². The molecule has 1 atom stereocenters. The maximum absolute atomic E-state index is 11.8. The standard InChI is InChI=1S/C15H26N4O2/c1-11-13(12(2)19(6)17-11)7-8-14(20)16-9-15(3,21)10-18(4)5/h7-8,21H,9-10H2,1-6H3,(H,16,20)/b8-7+. The van der Waals surface area contributed by atoms with Crippen LogP contribution in [0.25, 0.3) is 6.08 Å². The molecule has 0 aromatic carbocycles. The Bertz CT molecular complexity index is 530. The Kier molecular flexibility index (Phi) is 5.69. The van der Waals surface area contributed by atoms with Gasteiger partial charge in [0.1, 0.15) is 0 Å². The number of hydrogen-bond acceptors (Lipinski definition) is 4. The van der Waals surface area contributed by atoms with Gasteiger partial charge >= 0.3 is 0 Å². The highest BCUT2D eigenvalue weighted by Gasteiger charge is 2.21. The van der Waals surface area contributed by atoms with Crippen molar-refractivity contribution in [1.82, 2.24) is 20.0 Å². The fourth-order valence-corrected chi connectivity index (χ4v) is 2.26. The summed E-state index contributed by atoms with van der Waals surface area (Å²) in [5.74, 6) is -0.225. The summed E-state index contributed by atoms with van der Waals surface area (Å²) in [6.07, 6.45) is 3.23. The number of hydrogen-bond donors (Lipinski definition) is 2. The third-order valence-corrected chi connectivity index (χ3v) is 3.27. The molecule has 0 radical (unpaired) electrons. The van der Waals surface area contributed by atoms with E-state index in [1.54, 1.807) is 17.7 Å². The van der Waals surface area contributed by atoms with E-state index in [0.717, 1.165) is 17.0 Å². The molecule has 0 fully saturated rings. The van der Waals surface area contributed by atoms with Gasteiger partial charge in [0, 0.05) is 37.5 Å². The smallest absolute Gasteiger partial charge is 0.244 e. The maximum atomic E-state index is 11.8. The molecule has 1 aromatic heterocycles. The van der Waals surface area contributed by atoms with E-state index in [-0.39, 0.29) is 12.5 Å². The van der Waals surface area contributed by atoms with Gasteiger partial charge < -0.3 is 15.3 Å². The Morgan fingerprint density at radius 2 is 2.10 bits per heavy atom. The van der Waals surface area contributed by atoms with Crippen LogP contribution in [0.1, 0.15) is 23.9 Å². The number of amides is 1. The number of aryl methyl sites for hydroxylation is 2. The Morgan fingerprint density at radius 3 is 2.57 bits per heavy atom. The number of nitrogens with one attached hydrogen (secondary N) is 1. The number of carbonyl (C=O) groups excluding carboxylic acids is 1. The third-order valence-electron chi connectivity index (χ3n) is 3.27. The molecular formula is C15H26N4O2. The SMILES string of the molecule is Cc1nn(C)c(C)c1/C=C/C(=O)NCC(C)(O)CN(C)C. The van der Waals surface area contributed by atoms with Crippen molar-refractivity contribution in [2.24, 2.45) is 7.05 Å². The number of carbonyl (C=O) groups is 1. The molecule has 6 heteroatoms. The average Bonchev–Trinajstić information content (AvgIpc) is 2.57. The molecule has 118 valence electrons. The first kappa shape index (κ1) is 17.4. The molecule has 0 aliphatic carbocycles. The molecule has 1 amide bonds. The van der Waals surface area contributed by atoms with Gasteiger partial charge in [-0.15, -0.1) is 0 Å². The zero-order valence-electron chi connectivity index (χ0n) is 13.8. The molecule has 0 aliphatic rings. The van der Waals surface area contributed by atoms with Gasteiger partial charge in [-0.3, -0.25) is 9.48 Å². The van der Waals surface area contributed by atoms with Crippen molar-refractivity contribution in [2.45, 2.75) is 26.4 Å². The summed E-state index contributed by atoms with van der Waals surface area (Å²) in [6, 6.07) is 0. The second-order valence-corrected chi connectivity index (χ2v) is 5.99. The minimum Gasteiger partial charge on any atom is -0.387 e. The van der Waals surface area contributed by atoms with Gasteiger partial charge in [0.05, 0.1) is 11.3 Å². The molecule has 1 aromatic rings. The van der Waals surface area contributed by atoms with Gasteiger partial charge in [-0.1, -0.05) is 0 Å². The summed E-state index contributed by atoms with van der Waals surface area (Å²) in [5, 5.41) is 17.1. The van der Waals surface area contributed by atoms with Crippen molar-refractivity contribution in [3.05, 3.63) is 23.0 Å². The number of likely N-dealkylation sites (N-methyl/N-ethyl adjacent to an activating group) is 1. The van der Waals surface area contributed by atoms with Crippen molar-refractivity contribution in [1.29, 1.82) is 0 Å². The van der Waals surface area contributed by atoms with Crippen LogP contribution in [0.15, 0.2) is 6.08 Å². The molecule has 2 N–H and O–H groups in total. The summed E-state index contributed by atoms with van der Waals surface area (Å²) >= 11 is 0. The van der Waals surface area contributed by atoms with Gasteiger partial charge in [0.15, 0.2) is 0 Å². The van der Waals surface area contributed by atoms with E-state index in [1.165, 1.54) is 6.08 Å². The van der Waals surface area contributed by atoms with Crippen LogP contribution in [0.5, 0.6) is 0 Å². The topological polar surface area (TPSA) is 70.4 Å². The molecular weight excluding hydrogens is 268 g/mol.